The van der Waals surface area contributed by atoms with Crippen LogP contribution < -0.4 is 4.74 Å². The number of nitrogens with zero attached hydrogens (tertiary/aromatic N) is 1. The van der Waals surface area contributed by atoms with Crippen LogP contribution in [0.3, 0.4) is 0 Å². The Bertz CT molecular complexity index is 794. The van der Waals surface area contributed by atoms with Crippen LogP contribution in [0.4, 0.5) is 5.69 Å². The van der Waals surface area contributed by atoms with Gasteiger partial charge in [0.25, 0.3) is 5.69 Å². The summed E-state index contributed by atoms with van der Waals surface area (Å²) in [6.07, 6.45) is 3.10. The van der Waals surface area contributed by atoms with Crippen molar-refractivity contribution in [3.8, 4) is 5.75 Å². The molecule has 0 aromatic heterocycles. The molecule has 5 nitrogen and oxygen atoms in total. The van der Waals surface area contributed by atoms with Crippen molar-refractivity contribution in [2.24, 2.45) is 0 Å². The number of rotatable bonds is 5. The van der Waals surface area contributed by atoms with E-state index in [1.165, 1.54) is 25.3 Å². The number of ether oxygens (including phenoxy) is 1. The first-order chi connectivity index (χ1) is 10.9. The first-order valence-corrected chi connectivity index (χ1v) is 7.04. The number of ketones is 1. The molecule has 0 bridgehead atoms. The van der Waals surface area contributed by atoms with Crippen molar-refractivity contribution in [3.05, 3.63) is 74.8 Å². The molecule has 2 rings (SSSR count). The number of nitro groups is 1. The largest absolute Gasteiger partial charge is 0.496 e. The average molecular weight is 311 g/mol. The molecule has 23 heavy (non-hydrogen) atoms. The summed E-state index contributed by atoms with van der Waals surface area (Å²) in [5.74, 6) is 0.347. The Hall–Kier alpha value is -2.95. The molecule has 0 spiro atoms. The van der Waals surface area contributed by atoms with Crippen LogP contribution in [-0.2, 0) is 0 Å². The number of methoxy groups -OCH3 is 1. The van der Waals surface area contributed by atoms with E-state index in [2.05, 4.69) is 0 Å². The van der Waals surface area contributed by atoms with Crippen LogP contribution in [0.15, 0.2) is 42.5 Å². The molecule has 0 aliphatic heterocycles. The Labute approximate surface area is 134 Å². The van der Waals surface area contributed by atoms with Gasteiger partial charge in [-0.05, 0) is 54.8 Å². The molecule has 0 amide bonds. The zero-order valence-corrected chi connectivity index (χ0v) is 13.2. The molecule has 5 heteroatoms. The van der Waals surface area contributed by atoms with Crippen LogP contribution >= 0.6 is 0 Å². The molecule has 0 atom stereocenters. The fraction of sp³-hybridized carbons (Fsp3) is 0.167. The van der Waals surface area contributed by atoms with Crippen LogP contribution in [0.5, 0.6) is 5.75 Å². The maximum absolute atomic E-state index is 12.3. The topological polar surface area (TPSA) is 69.4 Å². The molecule has 0 saturated carbocycles. The average Bonchev–Trinajstić information content (AvgIpc) is 2.53. The summed E-state index contributed by atoms with van der Waals surface area (Å²) in [5.41, 5.74) is 3.02. The first kappa shape index (κ1) is 16.4. The minimum Gasteiger partial charge on any atom is -0.496 e. The van der Waals surface area contributed by atoms with Gasteiger partial charge < -0.3 is 4.74 Å². The van der Waals surface area contributed by atoms with Crippen LogP contribution in [0.2, 0.25) is 0 Å². The second kappa shape index (κ2) is 6.87. The minimum atomic E-state index is -0.442. The summed E-state index contributed by atoms with van der Waals surface area (Å²) in [4.78, 5) is 22.6. The number of benzene rings is 2. The van der Waals surface area contributed by atoms with Gasteiger partial charge in [0.05, 0.1) is 17.6 Å². The number of hydrogen-bond donors (Lipinski definition) is 0. The fourth-order valence-electron chi connectivity index (χ4n) is 2.22. The lowest BCUT2D eigenvalue weighted by atomic mass is 10.0. The zero-order valence-electron chi connectivity index (χ0n) is 13.2. The molecular weight excluding hydrogens is 294 g/mol. The highest BCUT2D eigenvalue weighted by atomic mass is 16.6. The third-order valence-electron chi connectivity index (χ3n) is 3.50. The number of allylic oxidation sites excluding steroid dienone is 1. The lowest BCUT2D eigenvalue weighted by Gasteiger charge is -2.06. The Morgan fingerprint density at radius 3 is 2.52 bits per heavy atom. The van der Waals surface area contributed by atoms with Gasteiger partial charge in [-0.1, -0.05) is 12.1 Å². The number of carbonyl (C=O) groups is 1. The number of non-ortho nitro benzene ring substituents is 1. The lowest BCUT2D eigenvalue weighted by molar-refractivity contribution is -0.384. The summed E-state index contributed by atoms with van der Waals surface area (Å²) in [6.45, 7) is 3.69. The number of carbonyl (C=O) groups excluding carboxylic acids is 1. The standard InChI is InChI=1S/C18H17NO4/c1-12-4-8-16(18(10-12)23-3)17(20)9-6-14-5-7-15(19(21)22)11-13(14)2/h4-11H,1-3H3/b9-6+. The summed E-state index contributed by atoms with van der Waals surface area (Å²) >= 11 is 0. The van der Waals surface area contributed by atoms with E-state index in [1.807, 2.05) is 13.0 Å². The lowest BCUT2D eigenvalue weighted by Crippen LogP contribution is -1.99. The Balaban J connectivity index is 2.27. The summed E-state index contributed by atoms with van der Waals surface area (Å²) in [7, 11) is 1.52. The highest BCUT2D eigenvalue weighted by Gasteiger charge is 2.10. The second-order valence-corrected chi connectivity index (χ2v) is 5.20. The molecule has 0 saturated heterocycles. The van der Waals surface area contributed by atoms with Gasteiger partial charge in [0.2, 0.25) is 0 Å². The Morgan fingerprint density at radius 2 is 1.91 bits per heavy atom. The molecule has 0 fully saturated rings. The van der Waals surface area contributed by atoms with Gasteiger partial charge in [0, 0.05) is 12.1 Å². The molecule has 0 heterocycles. The molecule has 0 aliphatic rings. The van der Waals surface area contributed by atoms with E-state index in [0.717, 1.165) is 16.7 Å². The maximum atomic E-state index is 12.3. The summed E-state index contributed by atoms with van der Waals surface area (Å²) in [6, 6.07) is 9.91. The molecule has 118 valence electrons. The number of nitro benzene ring substituents is 1. The first-order valence-electron chi connectivity index (χ1n) is 7.04. The normalized spacial score (nSPS) is 10.7. The second-order valence-electron chi connectivity index (χ2n) is 5.20. The van der Waals surface area contributed by atoms with Crippen LogP contribution in [-0.4, -0.2) is 17.8 Å². The van der Waals surface area contributed by atoms with Crippen LogP contribution in [0.1, 0.15) is 27.0 Å². The number of aryl methyl sites for hydroxylation is 2. The molecule has 0 N–H and O–H groups in total. The summed E-state index contributed by atoms with van der Waals surface area (Å²) < 4.78 is 5.24. The van der Waals surface area contributed by atoms with Crippen molar-refractivity contribution < 1.29 is 14.5 Å². The van der Waals surface area contributed by atoms with E-state index in [9.17, 15) is 14.9 Å². The van der Waals surface area contributed by atoms with Crippen molar-refractivity contribution in [1.82, 2.24) is 0 Å². The van der Waals surface area contributed by atoms with Crippen molar-refractivity contribution >= 4 is 17.5 Å². The molecule has 0 aliphatic carbocycles. The Morgan fingerprint density at radius 1 is 1.17 bits per heavy atom. The van der Waals surface area contributed by atoms with Gasteiger partial charge in [-0.3, -0.25) is 14.9 Å². The van der Waals surface area contributed by atoms with Crippen molar-refractivity contribution in [3.63, 3.8) is 0 Å². The smallest absolute Gasteiger partial charge is 0.269 e. The minimum absolute atomic E-state index is 0.0335. The van der Waals surface area contributed by atoms with Gasteiger partial charge in [-0.15, -0.1) is 0 Å². The molecule has 0 radical (unpaired) electrons. The van der Waals surface area contributed by atoms with Gasteiger partial charge in [-0.25, -0.2) is 0 Å². The van der Waals surface area contributed by atoms with Crippen molar-refractivity contribution in [1.29, 1.82) is 0 Å². The van der Waals surface area contributed by atoms with Gasteiger partial charge in [-0.2, -0.15) is 0 Å². The third kappa shape index (κ3) is 3.83. The highest BCUT2D eigenvalue weighted by Crippen LogP contribution is 2.22. The van der Waals surface area contributed by atoms with Crippen LogP contribution in [0.25, 0.3) is 6.08 Å². The summed E-state index contributed by atoms with van der Waals surface area (Å²) in [5, 5.41) is 10.7. The van der Waals surface area contributed by atoms with E-state index in [-0.39, 0.29) is 11.5 Å². The predicted molar refractivity (Wildman–Crippen MR) is 88.9 cm³/mol. The quantitative estimate of drug-likeness (QED) is 0.360. The highest BCUT2D eigenvalue weighted by molar-refractivity contribution is 6.08. The number of hydrogen-bond acceptors (Lipinski definition) is 4. The molecule has 2 aromatic rings. The maximum Gasteiger partial charge on any atom is 0.269 e. The SMILES string of the molecule is COc1cc(C)ccc1C(=O)/C=C/c1ccc([N+](=O)[O-])cc1C. The molecular formula is C18H17NO4. The van der Waals surface area contributed by atoms with Crippen molar-refractivity contribution in [2.75, 3.05) is 7.11 Å². The van der Waals surface area contributed by atoms with E-state index >= 15 is 0 Å². The fourth-order valence-corrected chi connectivity index (χ4v) is 2.22. The van der Waals surface area contributed by atoms with Gasteiger partial charge in [0.1, 0.15) is 5.75 Å². The molecule has 2 aromatic carbocycles. The van der Waals surface area contributed by atoms with Gasteiger partial charge >= 0.3 is 0 Å². The van der Waals surface area contributed by atoms with Crippen LogP contribution in [0, 0.1) is 24.0 Å². The molecule has 0 unspecified atom stereocenters. The van der Waals surface area contributed by atoms with E-state index in [4.69, 9.17) is 4.74 Å². The van der Waals surface area contributed by atoms with E-state index in [1.54, 1.807) is 31.2 Å². The van der Waals surface area contributed by atoms with E-state index in [0.29, 0.717) is 11.3 Å². The zero-order chi connectivity index (χ0) is 17.0. The predicted octanol–water partition coefficient (Wildman–Crippen LogP) is 4.12. The third-order valence-corrected chi connectivity index (χ3v) is 3.50. The monoisotopic (exact) mass is 311 g/mol. The Kier molecular flexibility index (Phi) is 4.91. The van der Waals surface area contributed by atoms with E-state index < -0.39 is 4.92 Å². The van der Waals surface area contributed by atoms with Gasteiger partial charge in [0.15, 0.2) is 5.78 Å². The van der Waals surface area contributed by atoms with Crippen molar-refractivity contribution in [2.45, 2.75) is 13.8 Å².